The van der Waals surface area contributed by atoms with E-state index in [2.05, 4.69) is 34.0 Å². The third-order valence-electron chi connectivity index (χ3n) is 4.17. The first-order chi connectivity index (χ1) is 11.2. The lowest BCUT2D eigenvalue weighted by atomic mass is 9.97. The van der Waals surface area contributed by atoms with Gasteiger partial charge < -0.3 is 9.73 Å². The van der Waals surface area contributed by atoms with Gasteiger partial charge in [0.15, 0.2) is 0 Å². The fourth-order valence-electron chi connectivity index (χ4n) is 2.90. The molecular weight excluding hydrogens is 421 g/mol. The summed E-state index contributed by atoms with van der Waals surface area (Å²) in [5.74, 6) is 1.78. The molecule has 1 aromatic carbocycles. The van der Waals surface area contributed by atoms with E-state index >= 15 is 0 Å². The predicted molar refractivity (Wildman–Crippen MR) is 105 cm³/mol. The number of allylic oxidation sites excluding steroid dienone is 1. The number of hydrogen-bond donors (Lipinski definition) is 1. The minimum Gasteiger partial charge on any atom is -0.460 e. The number of benzene rings is 1. The summed E-state index contributed by atoms with van der Waals surface area (Å²) in [6.45, 7) is 1.77. The zero-order valence-electron chi connectivity index (χ0n) is 13.1. The Morgan fingerprint density at radius 3 is 2.87 bits per heavy atom. The predicted octanol–water partition coefficient (Wildman–Crippen LogP) is 6.18. The van der Waals surface area contributed by atoms with Gasteiger partial charge in [-0.05, 0) is 91.6 Å². The van der Waals surface area contributed by atoms with E-state index in [4.69, 9.17) is 16.0 Å². The van der Waals surface area contributed by atoms with Gasteiger partial charge in [0.1, 0.15) is 11.5 Å². The lowest BCUT2D eigenvalue weighted by Crippen LogP contribution is -2.15. The highest BCUT2D eigenvalue weighted by molar-refractivity contribution is 14.1. The van der Waals surface area contributed by atoms with Crippen LogP contribution < -0.4 is 5.32 Å². The van der Waals surface area contributed by atoms with E-state index in [1.165, 1.54) is 25.7 Å². The molecule has 1 aromatic heterocycles. The molecule has 1 heterocycles. The summed E-state index contributed by atoms with van der Waals surface area (Å²) in [4.78, 5) is 0. The number of nitrogens with one attached hydrogen (secondary N) is 1. The number of rotatable bonds is 6. The molecule has 1 N–H and O–H groups in total. The Morgan fingerprint density at radius 1 is 1.17 bits per heavy atom. The Kier molecular flexibility index (Phi) is 6.20. The summed E-state index contributed by atoms with van der Waals surface area (Å²) in [6, 6.07) is 10.0. The van der Waals surface area contributed by atoms with E-state index in [1.54, 1.807) is 5.57 Å². The largest absolute Gasteiger partial charge is 0.460 e. The lowest BCUT2D eigenvalue weighted by molar-refractivity contribution is 0.493. The van der Waals surface area contributed by atoms with Gasteiger partial charge >= 0.3 is 0 Å². The van der Waals surface area contributed by atoms with E-state index in [1.807, 2.05) is 30.3 Å². The molecule has 1 aliphatic rings. The van der Waals surface area contributed by atoms with Crippen LogP contribution >= 0.6 is 34.2 Å². The lowest BCUT2D eigenvalue weighted by Gasteiger charge is -2.12. The first-order valence-electron chi connectivity index (χ1n) is 8.15. The van der Waals surface area contributed by atoms with E-state index in [0.717, 1.165) is 45.2 Å². The van der Waals surface area contributed by atoms with E-state index < -0.39 is 0 Å². The molecule has 0 amide bonds. The molecule has 122 valence electrons. The van der Waals surface area contributed by atoms with Gasteiger partial charge in [-0.25, -0.2) is 0 Å². The van der Waals surface area contributed by atoms with E-state index in [-0.39, 0.29) is 0 Å². The SMILES string of the molecule is Clc1cc(I)ccc1-c1ccc(CNCCC2=CCCCC2)o1. The van der Waals surface area contributed by atoms with Crippen LogP contribution in [0.1, 0.15) is 37.9 Å². The molecule has 0 bridgehead atoms. The first kappa shape index (κ1) is 17.1. The molecule has 2 nitrogen and oxygen atoms in total. The van der Waals surface area contributed by atoms with Crippen LogP contribution in [0.2, 0.25) is 5.02 Å². The smallest absolute Gasteiger partial charge is 0.135 e. The number of furan rings is 1. The molecule has 0 saturated heterocycles. The fraction of sp³-hybridized carbons (Fsp3) is 0.368. The third-order valence-corrected chi connectivity index (χ3v) is 5.15. The molecule has 0 fully saturated rings. The minimum atomic E-state index is 0.731. The van der Waals surface area contributed by atoms with Crippen LogP contribution in [0.15, 0.2) is 46.4 Å². The van der Waals surface area contributed by atoms with Crippen molar-refractivity contribution in [3.8, 4) is 11.3 Å². The molecular formula is C19H21ClINO. The maximum absolute atomic E-state index is 6.30. The zero-order chi connectivity index (χ0) is 16.1. The molecule has 3 rings (SSSR count). The second-order valence-electron chi connectivity index (χ2n) is 5.93. The van der Waals surface area contributed by atoms with Crippen LogP contribution in [0.5, 0.6) is 0 Å². The van der Waals surface area contributed by atoms with Crippen LogP contribution in [-0.2, 0) is 6.54 Å². The topological polar surface area (TPSA) is 25.2 Å². The Morgan fingerprint density at radius 2 is 2.09 bits per heavy atom. The average Bonchev–Trinajstić information content (AvgIpc) is 3.01. The Bertz CT molecular complexity index is 692. The summed E-state index contributed by atoms with van der Waals surface area (Å²) in [7, 11) is 0. The maximum Gasteiger partial charge on any atom is 0.135 e. The monoisotopic (exact) mass is 441 g/mol. The second kappa shape index (κ2) is 8.36. The average molecular weight is 442 g/mol. The second-order valence-corrected chi connectivity index (χ2v) is 7.58. The van der Waals surface area contributed by atoms with Crippen molar-refractivity contribution in [1.82, 2.24) is 5.32 Å². The van der Waals surface area contributed by atoms with Gasteiger partial charge in [0.05, 0.1) is 11.6 Å². The van der Waals surface area contributed by atoms with Gasteiger partial charge in [0.2, 0.25) is 0 Å². The first-order valence-corrected chi connectivity index (χ1v) is 9.61. The molecule has 1 aliphatic carbocycles. The Balaban J connectivity index is 1.52. The van der Waals surface area contributed by atoms with Gasteiger partial charge in [-0.3, -0.25) is 0 Å². The number of hydrogen-bond acceptors (Lipinski definition) is 2. The molecule has 0 spiro atoms. The molecule has 0 radical (unpaired) electrons. The van der Waals surface area contributed by atoms with Crippen molar-refractivity contribution in [3.63, 3.8) is 0 Å². The van der Waals surface area contributed by atoms with Crippen molar-refractivity contribution in [2.45, 2.75) is 38.6 Å². The van der Waals surface area contributed by atoms with Gasteiger partial charge in [-0.2, -0.15) is 0 Å². The third kappa shape index (κ3) is 4.85. The van der Waals surface area contributed by atoms with Gasteiger partial charge in [-0.15, -0.1) is 0 Å². The summed E-state index contributed by atoms with van der Waals surface area (Å²) in [5.41, 5.74) is 2.56. The van der Waals surface area contributed by atoms with Crippen molar-refractivity contribution in [2.75, 3.05) is 6.54 Å². The summed E-state index contributed by atoms with van der Waals surface area (Å²) >= 11 is 8.56. The van der Waals surface area contributed by atoms with Crippen LogP contribution in [0.3, 0.4) is 0 Å². The van der Waals surface area contributed by atoms with Crippen molar-refractivity contribution in [2.24, 2.45) is 0 Å². The van der Waals surface area contributed by atoms with Crippen molar-refractivity contribution < 1.29 is 4.42 Å². The molecule has 0 aliphatic heterocycles. The fourth-order valence-corrected chi connectivity index (χ4v) is 3.85. The highest BCUT2D eigenvalue weighted by atomic mass is 127. The molecule has 23 heavy (non-hydrogen) atoms. The summed E-state index contributed by atoms with van der Waals surface area (Å²) < 4.78 is 7.05. The maximum atomic E-state index is 6.30. The van der Waals surface area contributed by atoms with E-state index in [0.29, 0.717) is 0 Å². The van der Waals surface area contributed by atoms with Gasteiger partial charge in [0.25, 0.3) is 0 Å². The van der Waals surface area contributed by atoms with Crippen molar-refractivity contribution in [1.29, 1.82) is 0 Å². The summed E-state index contributed by atoms with van der Waals surface area (Å²) in [6.07, 6.45) is 8.80. The standard InChI is InChI=1S/C19H21ClINO/c20-18-12-15(21)6-8-17(18)19-9-7-16(23-19)13-22-11-10-14-4-2-1-3-5-14/h4,6-9,12,22H,1-3,5,10-11,13H2. The highest BCUT2D eigenvalue weighted by Gasteiger charge is 2.09. The number of halogens is 2. The molecule has 4 heteroatoms. The highest BCUT2D eigenvalue weighted by Crippen LogP contribution is 2.30. The Hall–Kier alpha value is -0.780. The van der Waals surface area contributed by atoms with Crippen molar-refractivity contribution >= 4 is 34.2 Å². The Labute approximate surface area is 156 Å². The van der Waals surface area contributed by atoms with Gasteiger partial charge in [-0.1, -0.05) is 23.3 Å². The van der Waals surface area contributed by atoms with Crippen LogP contribution in [0, 0.1) is 3.57 Å². The normalized spacial score (nSPS) is 14.8. The van der Waals surface area contributed by atoms with E-state index in [9.17, 15) is 0 Å². The molecule has 0 unspecified atom stereocenters. The van der Waals surface area contributed by atoms with Gasteiger partial charge in [0, 0.05) is 9.13 Å². The quantitative estimate of drug-likeness (QED) is 0.329. The van der Waals surface area contributed by atoms with Crippen LogP contribution in [0.25, 0.3) is 11.3 Å². The van der Waals surface area contributed by atoms with Crippen molar-refractivity contribution in [3.05, 3.63) is 56.3 Å². The van der Waals surface area contributed by atoms with Crippen LogP contribution in [0.4, 0.5) is 0 Å². The minimum absolute atomic E-state index is 0.731. The molecule has 0 saturated carbocycles. The molecule has 0 atom stereocenters. The summed E-state index contributed by atoms with van der Waals surface area (Å²) in [5, 5.41) is 4.20. The molecule has 2 aromatic rings. The van der Waals surface area contributed by atoms with Crippen LogP contribution in [-0.4, -0.2) is 6.54 Å². The zero-order valence-corrected chi connectivity index (χ0v) is 16.0.